The third-order valence-electron chi connectivity index (χ3n) is 3.85. The second-order valence-electron chi connectivity index (χ2n) is 5.20. The van der Waals surface area contributed by atoms with Gasteiger partial charge in [0.05, 0.1) is 0 Å². The quantitative estimate of drug-likeness (QED) is 0.889. The first-order valence-corrected chi connectivity index (χ1v) is 6.73. The van der Waals surface area contributed by atoms with Crippen LogP contribution < -0.4 is 5.73 Å². The Morgan fingerprint density at radius 1 is 1.37 bits per heavy atom. The van der Waals surface area contributed by atoms with Gasteiger partial charge in [0.1, 0.15) is 0 Å². The lowest BCUT2D eigenvalue weighted by molar-refractivity contribution is 0.462. The Morgan fingerprint density at radius 3 is 3.05 bits per heavy atom. The molecule has 2 heterocycles. The molecule has 98 valence electrons. The highest BCUT2D eigenvalue weighted by Gasteiger charge is 2.19. The maximum atomic E-state index is 5.75. The zero-order valence-corrected chi connectivity index (χ0v) is 11.1. The third-order valence-corrected chi connectivity index (χ3v) is 3.85. The van der Waals surface area contributed by atoms with Gasteiger partial charge in [-0.25, -0.2) is 9.97 Å². The van der Waals surface area contributed by atoms with Crippen molar-refractivity contribution in [1.82, 2.24) is 15.0 Å². The van der Waals surface area contributed by atoms with Crippen molar-refractivity contribution >= 4 is 0 Å². The fourth-order valence-electron chi connectivity index (χ4n) is 2.64. The van der Waals surface area contributed by atoms with Gasteiger partial charge in [-0.1, -0.05) is 0 Å². The minimum Gasteiger partial charge on any atom is -0.330 e. The van der Waals surface area contributed by atoms with Crippen molar-refractivity contribution in [3.8, 4) is 11.4 Å². The van der Waals surface area contributed by atoms with Crippen molar-refractivity contribution in [2.45, 2.75) is 26.2 Å². The standard InChI is InChI=1S/C15H18N4/c1-10-8-17-5-4-13(10)15-18-9-12-6-11(7-16)2-3-14(12)19-15/h4-5,8-9,11H,2-3,6-7,16H2,1H3. The zero-order valence-electron chi connectivity index (χ0n) is 11.1. The summed E-state index contributed by atoms with van der Waals surface area (Å²) in [5, 5.41) is 0. The number of aryl methyl sites for hydroxylation is 2. The monoisotopic (exact) mass is 254 g/mol. The summed E-state index contributed by atoms with van der Waals surface area (Å²) in [4.78, 5) is 13.4. The molecule has 0 fully saturated rings. The van der Waals surface area contributed by atoms with Crippen LogP contribution in [-0.2, 0) is 12.8 Å². The highest BCUT2D eigenvalue weighted by molar-refractivity contribution is 5.58. The molecule has 1 aliphatic carbocycles. The number of rotatable bonds is 2. The molecule has 3 rings (SSSR count). The van der Waals surface area contributed by atoms with Crippen molar-refractivity contribution in [2.75, 3.05) is 6.54 Å². The Kier molecular flexibility index (Phi) is 3.25. The molecule has 1 atom stereocenters. The molecule has 0 spiro atoms. The Balaban J connectivity index is 1.97. The summed E-state index contributed by atoms with van der Waals surface area (Å²) in [5.41, 5.74) is 10.4. The van der Waals surface area contributed by atoms with E-state index in [0.29, 0.717) is 5.92 Å². The van der Waals surface area contributed by atoms with E-state index >= 15 is 0 Å². The number of hydrogen-bond acceptors (Lipinski definition) is 4. The summed E-state index contributed by atoms with van der Waals surface area (Å²) in [5.74, 6) is 1.40. The first-order chi connectivity index (χ1) is 9.28. The number of aromatic nitrogens is 3. The summed E-state index contributed by atoms with van der Waals surface area (Å²) in [7, 11) is 0. The van der Waals surface area contributed by atoms with Crippen molar-refractivity contribution in [2.24, 2.45) is 11.7 Å². The number of fused-ring (bicyclic) bond motifs is 1. The molecule has 4 nitrogen and oxygen atoms in total. The summed E-state index contributed by atoms with van der Waals surface area (Å²) in [6, 6.07) is 1.97. The average molecular weight is 254 g/mol. The van der Waals surface area contributed by atoms with Gasteiger partial charge in [0.15, 0.2) is 5.82 Å². The van der Waals surface area contributed by atoms with Crippen LogP contribution in [0.2, 0.25) is 0 Å². The first kappa shape index (κ1) is 12.2. The molecule has 2 aromatic rings. The van der Waals surface area contributed by atoms with Gasteiger partial charge in [-0.15, -0.1) is 0 Å². The minimum atomic E-state index is 0.588. The van der Waals surface area contributed by atoms with Crippen LogP contribution in [0.5, 0.6) is 0 Å². The van der Waals surface area contributed by atoms with Gasteiger partial charge in [0.25, 0.3) is 0 Å². The minimum absolute atomic E-state index is 0.588. The lowest BCUT2D eigenvalue weighted by Gasteiger charge is -2.22. The molecule has 2 aromatic heterocycles. The van der Waals surface area contributed by atoms with Crippen LogP contribution >= 0.6 is 0 Å². The average Bonchev–Trinajstić information content (AvgIpc) is 2.46. The van der Waals surface area contributed by atoms with E-state index in [-0.39, 0.29) is 0 Å². The van der Waals surface area contributed by atoms with Gasteiger partial charge < -0.3 is 5.73 Å². The zero-order chi connectivity index (χ0) is 13.2. The molecular formula is C15H18N4. The summed E-state index contributed by atoms with van der Waals surface area (Å²) >= 11 is 0. The van der Waals surface area contributed by atoms with E-state index < -0.39 is 0 Å². The Morgan fingerprint density at radius 2 is 2.26 bits per heavy atom. The molecule has 2 N–H and O–H groups in total. The van der Waals surface area contributed by atoms with E-state index in [0.717, 1.165) is 42.8 Å². The molecule has 0 aliphatic heterocycles. The molecule has 0 radical (unpaired) electrons. The summed E-state index contributed by atoms with van der Waals surface area (Å²) in [6.07, 6.45) is 8.77. The number of hydrogen-bond donors (Lipinski definition) is 1. The fourth-order valence-corrected chi connectivity index (χ4v) is 2.64. The lowest BCUT2D eigenvalue weighted by Crippen LogP contribution is -2.23. The molecule has 0 bridgehead atoms. The van der Waals surface area contributed by atoms with Crippen LogP contribution in [0.3, 0.4) is 0 Å². The van der Waals surface area contributed by atoms with Crippen LogP contribution in [0.1, 0.15) is 23.2 Å². The second-order valence-corrected chi connectivity index (χ2v) is 5.20. The van der Waals surface area contributed by atoms with E-state index in [4.69, 9.17) is 10.7 Å². The molecule has 0 amide bonds. The fraction of sp³-hybridized carbons (Fsp3) is 0.400. The van der Waals surface area contributed by atoms with E-state index in [1.165, 1.54) is 11.3 Å². The predicted molar refractivity (Wildman–Crippen MR) is 74.6 cm³/mol. The molecule has 1 aliphatic rings. The van der Waals surface area contributed by atoms with Crippen molar-refractivity contribution in [3.63, 3.8) is 0 Å². The van der Waals surface area contributed by atoms with Crippen LogP contribution in [0.25, 0.3) is 11.4 Å². The van der Waals surface area contributed by atoms with Gasteiger partial charge in [-0.2, -0.15) is 0 Å². The Hall–Kier alpha value is -1.81. The lowest BCUT2D eigenvalue weighted by atomic mass is 9.87. The van der Waals surface area contributed by atoms with E-state index in [1.54, 1.807) is 6.20 Å². The Labute approximate surface area is 113 Å². The van der Waals surface area contributed by atoms with Crippen LogP contribution in [0.15, 0.2) is 24.7 Å². The first-order valence-electron chi connectivity index (χ1n) is 6.73. The van der Waals surface area contributed by atoms with Crippen LogP contribution in [-0.4, -0.2) is 21.5 Å². The summed E-state index contributed by atoms with van der Waals surface area (Å²) in [6.45, 7) is 2.79. The van der Waals surface area contributed by atoms with E-state index in [1.807, 2.05) is 25.4 Å². The van der Waals surface area contributed by atoms with E-state index in [9.17, 15) is 0 Å². The SMILES string of the molecule is Cc1cnccc1-c1ncc2c(n1)CCC(CN)C2. The van der Waals surface area contributed by atoms with Crippen molar-refractivity contribution < 1.29 is 0 Å². The molecule has 0 aromatic carbocycles. The largest absolute Gasteiger partial charge is 0.330 e. The van der Waals surface area contributed by atoms with Crippen molar-refractivity contribution in [3.05, 3.63) is 41.5 Å². The number of nitrogens with zero attached hydrogens (tertiary/aromatic N) is 3. The van der Waals surface area contributed by atoms with Crippen molar-refractivity contribution in [1.29, 1.82) is 0 Å². The van der Waals surface area contributed by atoms with Gasteiger partial charge in [0.2, 0.25) is 0 Å². The van der Waals surface area contributed by atoms with Crippen LogP contribution in [0, 0.1) is 12.8 Å². The molecule has 0 saturated carbocycles. The predicted octanol–water partition coefficient (Wildman–Crippen LogP) is 1.91. The normalized spacial score (nSPS) is 18.1. The van der Waals surface area contributed by atoms with Gasteiger partial charge in [0, 0.05) is 29.8 Å². The number of pyridine rings is 1. The Bertz CT molecular complexity index is 594. The highest BCUT2D eigenvalue weighted by atomic mass is 14.9. The second kappa shape index (κ2) is 5.05. The molecular weight excluding hydrogens is 236 g/mol. The van der Waals surface area contributed by atoms with Gasteiger partial charge in [-0.3, -0.25) is 4.98 Å². The molecule has 4 heteroatoms. The van der Waals surface area contributed by atoms with Crippen LogP contribution in [0.4, 0.5) is 0 Å². The molecule has 1 unspecified atom stereocenters. The van der Waals surface area contributed by atoms with Gasteiger partial charge >= 0.3 is 0 Å². The number of nitrogens with two attached hydrogens (primary N) is 1. The van der Waals surface area contributed by atoms with Gasteiger partial charge in [-0.05, 0) is 55.8 Å². The maximum absolute atomic E-state index is 5.75. The van der Waals surface area contributed by atoms with E-state index in [2.05, 4.69) is 9.97 Å². The molecule has 0 saturated heterocycles. The smallest absolute Gasteiger partial charge is 0.159 e. The topological polar surface area (TPSA) is 64.7 Å². The molecule has 19 heavy (non-hydrogen) atoms. The third kappa shape index (κ3) is 2.36. The highest BCUT2D eigenvalue weighted by Crippen LogP contribution is 2.26. The summed E-state index contributed by atoms with van der Waals surface area (Å²) < 4.78 is 0. The maximum Gasteiger partial charge on any atom is 0.159 e.